The van der Waals surface area contributed by atoms with Crippen molar-refractivity contribution >= 4 is 10.0 Å². The Labute approximate surface area is 121 Å². The maximum absolute atomic E-state index is 12.6. The largest absolute Gasteiger partial charge is 0.311 e. The van der Waals surface area contributed by atoms with E-state index in [2.05, 4.69) is 20.2 Å². The summed E-state index contributed by atoms with van der Waals surface area (Å²) in [5.74, 6) is 0.477. The van der Waals surface area contributed by atoms with E-state index < -0.39 is 16.1 Å². The van der Waals surface area contributed by atoms with Crippen molar-refractivity contribution in [3.63, 3.8) is 0 Å². The number of H-pyrrole nitrogens is 2. The zero-order valence-electron chi connectivity index (χ0n) is 11.4. The van der Waals surface area contributed by atoms with Gasteiger partial charge in [0, 0.05) is 18.8 Å². The Morgan fingerprint density at radius 3 is 2.90 bits per heavy atom. The van der Waals surface area contributed by atoms with Crippen LogP contribution in [0, 0.1) is 6.92 Å². The summed E-state index contributed by atoms with van der Waals surface area (Å²) in [6.45, 7) is 2.08. The molecule has 3 rings (SSSR count). The number of hydrogen-bond acceptors (Lipinski definition) is 5. The monoisotopic (exact) mass is 309 g/mol. The van der Waals surface area contributed by atoms with Gasteiger partial charge in [0.15, 0.2) is 0 Å². The van der Waals surface area contributed by atoms with Crippen LogP contribution in [0.2, 0.25) is 0 Å². The molecule has 9 heteroatoms. The van der Waals surface area contributed by atoms with Crippen LogP contribution in [0.1, 0.15) is 30.4 Å². The molecule has 112 valence electrons. The number of nitrogens with one attached hydrogen (secondary N) is 2. The molecule has 2 aromatic rings. The average Bonchev–Trinajstić information content (AvgIpc) is 3.10. The highest BCUT2D eigenvalue weighted by Crippen LogP contribution is 2.34. The molecule has 8 nitrogen and oxygen atoms in total. The number of aryl methyl sites for hydroxylation is 1. The van der Waals surface area contributed by atoms with E-state index in [0.717, 1.165) is 6.42 Å². The molecule has 2 aromatic heterocycles. The van der Waals surface area contributed by atoms with E-state index in [-0.39, 0.29) is 10.5 Å². The molecule has 1 aliphatic heterocycles. The van der Waals surface area contributed by atoms with Crippen molar-refractivity contribution in [2.75, 3.05) is 6.54 Å². The van der Waals surface area contributed by atoms with Crippen molar-refractivity contribution in [2.24, 2.45) is 0 Å². The zero-order chi connectivity index (χ0) is 15.0. The summed E-state index contributed by atoms with van der Waals surface area (Å²) in [6, 6.07) is 0.951. The number of aromatic nitrogens is 4. The van der Waals surface area contributed by atoms with E-state index in [1.165, 1.54) is 22.8 Å². The van der Waals surface area contributed by atoms with Gasteiger partial charge in [-0.3, -0.25) is 9.89 Å². The first-order valence-corrected chi connectivity index (χ1v) is 8.01. The predicted molar refractivity (Wildman–Crippen MR) is 74.0 cm³/mol. The highest BCUT2D eigenvalue weighted by atomic mass is 32.2. The minimum absolute atomic E-state index is 0.121. The lowest BCUT2D eigenvalue weighted by Gasteiger charge is -2.22. The van der Waals surface area contributed by atoms with Crippen molar-refractivity contribution < 1.29 is 8.42 Å². The minimum Gasteiger partial charge on any atom is -0.311 e. The molecule has 1 saturated heterocycles. The quantitative estimate of drug-likeness (QED) is 0.848. The summed E-state index contributed by atoms with van der Waals surface area (Å²) in [6.07, 6.45) is 4.00. The fourth-order valence-corrected chi connectivity index (χ4v) is 4.19. The molecule has 1 atom stereocenters. The first-order chi connectivity index (χ1) is 9.98. The number of nitrogens with zero attached hydrogens (tertiary/aromatic N) is 3. The van der Waals surface area contributed by atoms with Crippen molar-refractivity contribution in [1.29, 1.82) is 0 Å². The summed E-state index contributed by atoms with van der Waals surface area (Å²) >= 11 is 0. The van der Waals surface area contributed by atoms with Crippen LogP contribution in [0.4, 0.5) is 0 Å². The molecule has 0 aromatic carbocycles. The zero-order valence-corrected chi connectivity index (χ0v) is 12.2. The molecule has 0 radical (unpaired) electrons. The Balaban J connectivity index is 2.02. The fraction of sp³-hybridized carbons (Fsp3) is 0.417. The van der Waals surface area contributed by atoms with Gasteiger partial charge < -0.3 is 4.98 Å². The second kappa shape index (κ2) is 5.08. The van der Waals surface area contributed by atoms with Crippen LogP contribution in [0.25, 0.3) is 0 Å². The van der Waals surface area contributed by atoms with Gasteiger partial charge >= 0.3 is 0 Å². The van der Waals surface area contributed by atoms with Crippen molar-refractivity contribution in [3.05, 3.63) is 40.3 Å². The fourth-order valence-electron chi connectivity index (χ4n) is 2.61. The average molecular weight is 309 g/mol. The third-order valence-corrected chi connectivity index (χ3v) is 5.38. The molecule has 0 bridgehead atoms. The molecule has 1 unspecified atom stereocenters. The number of aromatic amines is 2. The first-order valence-electron chi connectivity index (χ1n) is 6.57. The van der Waals surface area contributed by atoms with E-state index in [1.807, 2.05) is 0 Å². The van der Waals surface area contributed by atoms with Crippen LogP contribution < -0.4 is 5.56 Å². The summed E-state index contributed by atoms with van der Waals surface area (Å²) in [7, 11) is -3.63. The van der Waals surface area contributed by atoms with E-state index in [0.29, 0.717) is 24.5 Å². The Morgan fingerprint density at radius 2 is 2.24 bits per heavy atom. The van der Waals surface area contributed by atoms with Gasteiger partial charge in [-0.1, -0.05) is 0 Å². The lowest BCUT2D eigenvalue weighted by atomic mass is 10.1. The maximum Gasteiger partial charge on any atom is 0.251 e. The topological polar surface area (TPSA) is 112 Å². The van der Waals surface area contributed by atoms with Crippen LogP contribution >= 0.6 is 0 Å². The standard InChI is InChI=1S/C12H15N5O3S/c1-8-15-10(5-12(18)16-8)11-3-2-4-17(11)21(19,20)9-6-13-14-7-9/h5-7,11H,2-4H2,1H3,(H,13,14)(H,15,16,18). The predicted octanol–water partition coefficient (Wildman–Crippen LogP) is 0.327. The van der Waals surface area contributed by atoms with Gasteiger partial charge in [0.25, 0.3) is 5.56 Å². The van der Waals surface area contributed by atoms with Crippen LogP contribution in [-0.2, 0) is 10.0 Å². The lowest BCUT2D eigenvalue weighted by molar-refractivity contribution is 0.389. The van der Waals surface area contributed by atoms with Gasteiger partial charge in [-0.05, 0) is 19.8 Å². The summed E-state index contributed by atoms with van der Waals surface area (Å²) < 4.78 is 26.6. The summed E-state index contributed by atoms with van der Waals surface area (Å²) in [5, 5.41) is 6.19. The third-order valence-electron chi connectivity index (χ3n) is 3.50. The molecular formula is C12H15N5O3S. The van der Waals surface area contributed by atoms with E-state index >= 15 is 0 Å². The molecular weight excluding hydrogens is 294 g/mol. The van der Waals surface area contributed by atoms with Gasteiger partial charge in [0.2, 0.25) is 10.0 Å². The van der Waals surface area contributed by atoms with E-state index in [1.54, 1.807) is 6.92 Å². The van der Waals surface area contributed by atoms with Crippen LogP contribution in [0.15, 0.2) is 28.2 Å². The number of hydrogen-bond donors (Lipinski definition) is 2. The van der Waals surface area contributed by atoms with Crippen LogP contribution in [0.5, 0.6) is 0 Å². The summed E-state index contributed by atoms with van der Waals surface area (Å²) in [4.78, 5) is 18.5. The third kappa shape index (κ3) is 2.49. The smallest absolute Gasteiger partial charge is 0.251 e. The molecule has 21 heavy (non-hydrogen) atoms. The van der Waals surface area contributed by atoms with E-state index in [9.17, 15) is 13.2 Å². The molecule has 0 saturated carbocycles. The number of rotatable bonds is 3. The Bertz CT molecular complexity index is 797. The number of sulfonamides is 1. The second-order valence-corrected chi connectivity index (χ2v) is 6.85. The van der Waals surface area contributed by atoms with Gasteiger partial charge in [-0.15, -0.1) is 0 Å². The molecule has 0 aliphatic carbocycles. The molecule has 1 fully saturated rings. The second-order valence-electron chi connectivity index (χ2n) is 4.96. The van der Waals surface area contributed by atoms with Crippen LogP contribution in [-0.4, -0.2) is 39.4 Å². The maximum atomic E-state index is 12.6. The van der Waals surface area contributed by atoms with Crippen molar-refractivity contribution in [2.45, 2.75) is 30.7 Å². The van der Waals surface area contributed by atoms with Crippen LogP contribution in [0.3, 0.4) is 0 Å². The lowest BCUT2D eigenvalue weighted by Crippen LogP contribution is -2.31. The first kappa shape index (κ1) is 14.0. The molecule has 2 N–H and O–H groups in total. The summed E-state index contributed by atoms with van der Waals surface area (Å²) in [5.41, 5.74) is 0.214. The van der Waals surface area contributed by atoms with Crippen molar-refractivity contribution in [1.82, 2.24) is 24.5 Å². The van der Waals surface area contributed by atoms with Crippen molar-refractivity contribution in [3.8, 4) is 0 Å². The normalized spacial score (nSPS) is 20.0. The van der Waals surface area contributed by atoms with E-state index in [4.69, 9.17) is 0 Å². The SMILES string of the molecule is Cc1nc(C2CCCN2S(=O)(=O)c2cn[nH]c2)cc(=O)[nH]1. The minimum atomic E-state index is -3.63. The highest BCUT2D eigenvalue weighted by molar-refractivity contribution is 7.89. The van der Waals surface area contributed by atoms with Gasteiger partial charge in [0.1, 0.15) is 10.7 Å². The Morgan fingerprint density at radius 1 is 1.43 bits per heavy atom. The molecule has 3 heterocycles. The highest BCUT2D eigenvalue weighted by Gasteiger charge is 2.37. The Hall–Kier alpha value is -2.00. The van der Waals surface area contributed by atoms with Gasteiger partial charge in [-0.2, -0.15) is 9.40 Å². The Kier molecular flexibility index (Phi) is 3.38. The molecule has 0 amide bonds. The molecule has 1 aliphatic rings. The van der Waals surface area contributed by atoms with Gasteiger partial charge in [-0.25, -0.2) is 13.4 Å². The molecule has 0 spiro atoms. The van der Waals surface area contributed by atoms with Gasteiger partial charge in [0.05, 0.1) is 17.9 Å².